The maximum Gasteiger partial charge on any atom is 0.257 e. The first kappa shape index (κ1) is 13.8. The number of carbonyl (C=O) groups is 1. The van der Waals surface area contributed by atoms with Crippen molar-refractivity contribution in [2.24, 2.45) is 0 Å². The second kappa shape index (κ2) is 5.33. The lowest BCUT2D eigenvalue weighted by atomic mass is 10.1. The van der Waals surface area contributed by atoms with Crippen molar-refractivity contribution in [3.63, 3.8) is 0 Å². The summed E-state index contributed by atoms with van der Waals surface area (Å²) in [5.41, 5.74) is 6.35. The molecule has 1 amide bonds. The van der Waals surface area contributed by atoms with E-state index in [4.69, 9.17) is 5.73 Å². The van der Waals surface area contributed by atoms with Crippen LogP contribution in [0, 0.1) is 0 Å². The number of amides is 1. The molecule has 0 spiro atoms. The highest BCUT2D eigenvalue weighted by Crippen LogP contribution is 2.29. The number of anilines is 1. The average Bonchev–Trinajstić information content (AvgIpc) is 2.65. The van der Waals surface area contributed by atoms with Crippen molar-refractivity contribution < 1.29 is 4.79 Å². The lowest BCUT2D eigenvalue weighted by Crippen LogP contribution is -2.40. The van der Waals surface area contributed by atoms with E-state index in [1.807, 2.05) is 4.90 Å². The van der Waals surface area contributed by atoms with Gasteiger partial charge in [0, 0.05) is 35.8 Å². The van der Waals surface area contributed by atoms with Gasteiger partial charge in [-0.25, -0.2) is 4.98 Å². The summed E-state index contributed by atoms with van der Waals surface area (Å²) < 4.78 is 0.781. The first-order valence-corrected chi connectivity index (χ1v) is 7.78. The van der Waals surface area contributed by atoms with E-state index in [0.29, 0.717) is 23.5 Å². The number of carbonyl (C=O) groups excluding carboxylic acids is 1. The Kier molecular flexibility index (Phi) is 3.69. The topological polar surface area (TPSA) is 62.5 Å². The number of halogens is 1. The molecule has 108 valence electrons. The molecule has 0 saturated carbocycles. The number of likely N-dealkylation sites (N-methyl/N-ethyl adjacent to an activating group) is 1. The van der Waals surface area contributed by atoms with Crippen LogP contribution >= 0.6 is 15.9 Å². The molecule has 2 bridgehead atoms. The van der Waals surface area contributed by atoms with Crippen molar-refractivity contribution in [3.05, 3.63) is 22.3 Å². The SMILES string of the molecule is CN1C2CCC1CN(C(=O)c1cc(Br)cnc1N)CC2. The molecule has 0 aliphatic carbocycles. The molecule has 2 fully saturated rings. The standard InChI is InChI=1S/C14H19BrN4O/c1-18-10-2-3-11(18)8-19(5-4-10)14(20)12-6-9(15)7-17-13(12)16/h6-7,10-11H,2-5,8H2,1H3,(H2,16,17). The molecule has 2 atom stereocenters. The van der Waals surface area contributed by atoms with Gasteiger partial charge in [-0.05, 0) is 48.3 Å². The van der Waals surface area contributed by atoms with E-state index in [2.05, 4.69) is 32.9 Å². The van der Waals surface area contributed by atoms with E-state index in [-0.39, 0.29) is 5.91 Å². The van der Waals surface area contributed by atoms with E-state index in [0.717, 1.165) is 24.0 Å². The summed E-state index contributed by atoms with van der Waals surface area (Å²) in [6.45, 7) is 1.59. The smallest absolute Gasteiger partial charge is 0.257 e. The van der Waals surface area contributed by atoms with Crippen LogP contribution in [0.1, 0.15) is 29.6 Å². The fraction of sp³-hybridized carbons (Fsp3) is 0.571. The molecule has 0 radical (unpaired) electrons. The van der Waals surface area contributed by atoms with Gasteiger partial charge in [0.25, 0.3) is 5.91 Å². The van der Waals surface area contributed by atoms with Crippen LogP contribution in [0.2, 0.25) is 0 Å². The quantitative estimate of drug-likeness (QED) is 0.847. The van der Waals surface area contributed by atoms with Gasteiger partial charge in [0.2, 0.25) is 0 Å². The first-order valence-electron chi connectivity index (χ1n) is 6.98. The minimum absolute atomic E-state index is 0.00255. The summed E-state index contributed by atoms with van der Waals surface area (Å²) in [6.07, 6.45) is 5.09. The number of hydrogen-bond acceptors (Lipinski definition) is 4. The monoisotopic (exact) mass is 338 g/mol. The normalized spacial score (nSPS) is 26.6. The summed E-state index contributed by atoms with van der Waals surface area (Å²) >= 11 is 3.35. The number of nitrogens with two attached hydrogens (primary N) is 1. The van der Waals surface area contributed by atoms with Crippen molar-refractivity contribution in [2.45, 2.75) is 31.3 Å². The fourth-order valence-corrected chi connectivity index (χ4v) is 3.62. The molecule has 20 heavy (non-hydrogen) atoms. The van der Waals surface area contributed by atoms with Crippen LogP contribution < -0.4 is 5.73 Å². The molecular formula is C14H19BrN4O. The van der Waals surface area contributed by atoms with Crippen LogP contribution in [-0.4, -0.2) is 52.9 Å². The van der Waals surface area contributed by atoms with Gasteiger partial charge in [-0.1, -0.05) is 0 Å². The Bertz CT molecular complexity index is 536. The fourth-order valence-electron chi connectivity index (χ4n) is 3.28. The van der Waals surface area contributed by atoms with Gasteiger partial charge < -0.3 is 10.6 Å². The highest BCUT2D eigenvalue weighted by molar-refractivity contribution is 9.10. The molecule has 2 N–H and O–H groups in total. The van der Waals surface area contributed by atoms with Crippen LogP contribution in [0.25, 0.3) is 0 Å². The first-order chi connectivity index (χ1) is 9.56. The van der Waals surface area contributed by atoms with Crippen LogP contribution in [0.3, 0.4) is 0 Å². The van der Waals surface area contributed by atoms with Gasteiger partial charge in [-0.15, -0.1) is 0 Å². The molecule has 6 heteroatoms. The predicted molar refractivity (Wildman–Crippen MR) is 81.4 cm³/mol. The van der Waals surface area contributed by atoms with E-state index in [1.165, 1.54) is 12.8 Å². The summed E-state index contributed by atoms with van der Waals surface area (Å²) in [5, 5.41) is 0. The Hall–Kier alpha value is -1.14. The van der Waals surface area contributed by atoms with Gasteiger partial charge in [0.15, 0.2) is 0 Å². The maximum absolute atomic E-state index is 12.7. The molecule has 0 aromatic carbocycles. The number of pyridine rings is 1. The highest BCUT2D eigenvalue weighted by atomic mass is 79.9. The molecule has 2 saturated heterocycles. The molecule has 2 aliphatic rings. The highest BCUT2D eigenvalue weighted by Gasteiger charge is 2.36. The van der Waals surface area contributed by atoms with Gasteiger partial charge in [0.1, 0.15) is 5.82 Å². The van der Waals surface area contributed by atoms with Gasteiger partial charge >= 0.3 is 0 Å². The lowest BCUT2D eigenvalue weighted by molar-refractivity contribution is 0.0741. The third kappa shape index (κ3) is 2.42. The van der Waals surface area contributed by atoms with Crippen molar-refractivity contribution in [3.8, 4) is 0 Å². The number of hydrogen-bond donors (Lipinski definition) is 1. The number of likely N-dealkylation sites (tertiary alicyclic amines) is 1. The average molecular weight is 339 g/mol. The summed E-state index contributed by atoms with van der Waals surface area (Å²) in [7, 11) is 2.17. The Morgan fingerprint density at radius 3 is 2.95 bits per heavy atom. The minimum atomic E-state index is -0.00255. The van der Waals surface area contributed by atoms with Crippen molar-refractivity contribution in [1.29, 1.82) is 0 Å². The summed E-state index contributed by atoms with van der Waals surface area (Å²) in [6, 6.07) is 2.86. The van der Waals surface area contributed by atoms with E-state index in [9.17, 15) is 4.79 Å². The van der Waals surface area contributed by atoms with Crippen LogP contribution in [0.15, 0.2) is 16.7 Å². The number of fused-ring (bicyclic) bond motifs is 2. The molecule has 3 heterocycles. The zero-order chi connectivity index (χ0) is 14.3. The third-order valence-corrected chi connectivity index (χ3v) is 4.98. The predicted octanol–water partition coefficient (Wildman–Crippen LogP) is 1.73. The molecule has 5 nitrogen and oxygen atoms in total. The van der Waals surface area contributed by atoms with Gasteiger partial charge in [-0.2, -0.15) is 0 Å². The second-order valence-electron chi connectivity index (χ2n) is 5.68. The van der Waals surface area contributed by atoms with E-state index in [1.54, 1.807) is 12.3 Å². The molecule has 1 aromatic rings. The molecule has 2 unspecified atom stereocenters. The van der Waals surface area contributed by atoms with E-state index >= 15 is 0 Å². The van der Waals surface area contributed by atoms with Gasteiger partial charge in [0.05, 0.1) is 5.56 Å². The van der Waals surface area contributed by atoms with Crippen LogP contribution in [0.4, 0.5) is 5.82 Å². The van der Waals surface area contributed by atoms with Crippen molar-refractivity contribution in [2.75, 3.05) is 25.9 Å². The molecule has 1 aromatic heterocycles. The van der Waals surface area contributed by atoms with Crippen molar-refractivity contribution >= 4 is 27.7 Å². The zero-order valence-corrected chi connectivity index (χ0v) is 13.1. The van der Waals surface area contributed by atoms with Crippen LogP contribution in [-0.2, 0) is 0 Å². The van der Waals surface area contributed by atoms with Crippen molar-refractivity contribution in [1.82, 2.24) is 14.8 Å². The summed E-state index contributed by atoms with van der Waals surface area (Å²) in [4.78, 5) is 21.1. The molecule has 2 aliphatic heterocycles. The van der Waals surface area contributed by atoms with E-state index < -0.39 is 0 Å². The number of nitrogens with zero attached hydrogens (tertiary/aromatic N) is 3. The number of nitrogen functional groups attached to an aromatic ring is 1. The Morgan fingerprint density at radius 2 is 2.15 bits per heavy atom. The largest absolute Gasteiger partial charge is 0.383 e. The number of aromatic nitrogens is 1. The third-order valence-electron chi connectivity index (χ3n) is 4.55. The lowest BCUT2D eigenvalue weighted by Gasteiger charge is -2.26. The molecule has 3 rings (SSSR count). The second-order valence-corrected chi connectivity index (χ2v) is 6.59. The Morgan fingerprint density at radius 1 is 1.40 bits per heavy atom. The zero-order valence-electron chi connectivity index (χ0n) is 11.6. The minimum Gasteiger partial charge on any atom is -0.383 e. The Labute approximate surface area is 127 Å². The Balaban J connectivity index is 1.82. The summed E-state index contributed by atoms with van der Waals surface area (Å²) in [5.74, 6) is 0.304. The van der Waals surface area contributed by atoms with Gasteiger partial charge in [-0.3, -0.25) is 9.69 Å². The maximum atomic E-state index is 12.7. The number of rotatable bonds is 1. The molecular weight excluding hydrogens is 320 g/mol. The van der Waals surface area contributed by atoms with Crippen LogP contribution in [0.5, 0.6) is 0 Å².